The molecule has 3 atom stereocenters. The van der Waals surface area contributed by atoms with Crippen LogP contribution in [0.3, 0.4) is 0 Å². The lowest BCUT2D eigenvalue weighted by molar-refractivity contribution is 0.176. The van der Waals surface area contributed by atoms with Crippen LogP contribution in [0.5, 0.6) is 5.75 Å². The molecular formula is C22H24O. The van der Waals surface area contributed by atoms with Gasteiger partial charge in [-0.25, -0.2) is 0 Å². The molecule has 118 valence electrons. The van der Waals surface area contributed by atoms with Crippen molar-refractivity contribution in [1.29, 1.82) is 0 Å². The van der Waals surface area contributed by atoms with Crippen LogP contribution in [0.4, 0.5) is 0 Å². The zero-order valence-electron chi connectivity index (χ0n) is 14.1. The first-order chi connectivity index (χ1) is 11.2. The third kappa shape index (κ3) is 1.63. The summed E-state index contributed by atoms with van der Waals surface area (Å²) in [4.78, 5) is 0. The summed E-state index contributed by atoms with van der Waals surface area (Å²) in [7, 11) is 1.78. The minimum Gasteiger partial charge on any atom is -0.497 e. The summed E-state index contributed by atoms with van der Waals surface area (Å²) in [5.74, 6) is 2.59. The van der Waals surface area contributed by atoms with Gasteiger partial charge < -0.3 is 4.74 Å². The standard InChI is InChI=1S/C22H24O/c1-14-6-8-20-15(10-14)11-17-4-3-5-18-12-16-13-19(23-2)7-9-21(16)22(17,18)20/h6-10,13,17-18H,3-5,11-12H2,1-2H3/t17-,18-,22?/m0/s1. The Kier molecular flexibility index (Phi) is 2.75. The SMILES string of the molecule is COc1ccc2c(c1)C[C@@H]1CCC[C@H]3Cc4cc(C)ccc4C231. The number of hydrogen-bond acceptors (Lipinski definition) is 1. The molecule has 5 rings (SSSR count). The summed E-state index contributed by atoms with van der Waals surface area (Å²) in [6.07, 6.45) is 6.67. The van der Waals surface area contributed by atoms with E-state index in [4.69, 9.17) is 4.74 Å². The molecule has 0 aromatic heterocycles. The number of fused-ring (bicyclic) bond motifs is 2. The molecule has 0 saturated heterocycles. The fourth-order valence-corrected chi connectivity index (χ4v) is 6.05. The highest BCUT2D eigenvalue weighted by Gasteiger charge is 2.57. The third-order valence-electron chi connectivity index (χ3n) is 6.79. The monoisotopic (exact) mass is 304 g/mol. The van der Waals surface area contributed by atoms with Crippen LogP contribution in [0.1, 0.15) is 47.1 Å². The Bertz CT molecular complexity index is 791. The van der Waals surface area contributed by atoms with Crippen molar-refractivity contribution in [3.63, 3.8) is 0 Å². The molecule has 1 nitrogen and oxygen atoms in total. The van der Waals surface area contributed by atoms with Crippen molar-refractivity contribution in [2.75, 3.05) is 7.11 Å². The second-order valence-electron chi connectivity index (χ2n) is 7.79. The van der Waals surface area contributed by atoms with Crippen molar-refractivity contribution in [1.82, 2.24) is 0 Å². The van der Waals surface area contributed by atoms with Crippen molar-refractivity contribution in [3.05, 3.63) is 64.2 Å². The molecule has 1 unspecified atom stereocenters. The first-order valence-electron chi connectivity index (χ1n) is 9.01. The molecule has 0 bridgehead atoms. The Balaban J connectivity index is 1.77. The molecule has 1 fully saturated rings. The van der Waals surface area contributed by atoms with Gasteiger partial charge in [-0.15, -0.1) is 0 Å². The lowest BCUT2D eigenvalue weighted by Gasteiger charge is -2.43. The van der Waals surface area contributed by atoms with Crippen LogP contribution in [0.25, 0.3) is 0 Å². The van der Waals surface area contributed by atoms with Crippen LogP contribution in [0.2, 0.25) is 0 Å². The zero-order chi connectivity index (χ0) is 15.6. The van der Waals surface area contributed by atoms with Crippen LogP contribution in [0.15, 0.2) is 36.4 Å². The van der Waals surface area contributed by atoms with Crippen molar-refractivity contribution >= 4 is 0 Å². The molecule has 3 aliphatic carbocycles. The van der Waals surface area contributed by atoms with E-state index in [1.54, 1.807) is 23.8 Å². The van der Waals surface area contributed by atoms with Gasteiger partial charge in [0.2, 0.25) is 0 Å². The highest BCUT2D eigenvalue weighted by molar-refractivity contribution is 5.58. The van der Waals surface area contributed by atoms with E-state index in [1.807, 2.05) is 0 Å². The summed E-state index contributed by atoms with van der Waals surface area (Å²) >= 11 is 0. The highest BCUT2D eigenvalue weighted by atomic mass is 16.5. The average molecular weight is 304 g/mol. The first-order valence-corrected chi connectivity index (χ1v) is 9.01. The molecular weight excluding hydrogens is 280 g/mol. The van der Waals surface area contributed by atoms with Gasteiger partial charge in [0.05, 0.1) is 7.11 Å². The number of benzene rings is 2. The topological polar surface area (TPSA) is 9.23 Å². The van der Waals surface area contributed by atoms with Crippen LogP contribution < -0.4 is 4.74 Å². The number of hydrogen-bond donors (Lipinski definition) is 0. The smallest absolute Gasteiger partial charge is 0.119 e. The van der Waals surface area contributed by atoms with Crippen LogP contribution in [-0.2, 0) is 18.3 Å². The van der Waals surface area contributed by atoms with E-state index in [-0.39, 0.29) is 0 Å². The Morgan fingerprint density at radius 2 is 1.57 bits per heavy atom. The van der Waals surface area contributed by atoms with Gasteiger partial charge in [0.1, 0.15) is 5.75 Å². The number of rotatable bonds is 1. The van der Waals surface area contributed by atoms with E-state index in [0.717, 1.165) is 17.6 Å². The minimum absolute atomic E-state index is 0.295. The van der Waals surface area contributed by atoms with Crippen LogP contribution >= 0.6 is 0 Å². The van der Waals surface area contributed by atoms with E-state index in [0.29, 0.717) is 5.41 Å². The highest BCUT2D eigenvalue weighted by Crippen LogP contribution is 2.62. The molecule has 1 spiro atoms. The molecule has 0 aliphatic heterocycles. The predicted octanol–water partition coefficient (Wildman–Crippen LogP) is 4.82. The van der Waals surface area contributed by atoms with Crippen molar-refractivity contribution in [2.45, 2.75) is 44.4 Å². The molecule has 0 N–H and O–H groups in total. The van der Waals surface area contributed by atoms with E-state index in [1.165, 1.54) is 43.2 Å². The van der Waals surface area contributed by atoms with Crippen molar-refractivity contribution in [2.24, 2.45) is 11.8 Å². The van der Waals surface area contributed by atoms with E-state index in [9.17, 15) is 0 Å². The number of aryl methyl sites for hydroxylation is 1. The molecule has 0 amide bonds. The quantitative estimate of drug-likeness (QED) is 0.734. The van der Waals surface area contributed by atoms with Gasteiger partial charge in [-0.3, -0.25) is 0 Å². The Hall–Kier alpha value is -1.76. The first kappa shape index (κ1) is 13.7. The van der Waals surface area contributed by atoms with Gasteiger partial charge in [-0.05, 0) is 78.8 Å². The molecule has 0 radical (unpaired) electrons. The maximum atomic E-state index is 5.49. The molecule has 1 saturated carbocycles. The predicted molar refractivity (Wildman–Crippen MR) is 93.2 cm³/mol. The van der Waals surface area contributed by atoms with Crippen molar-refractivity contribution in [3.8, 4) is 5.75 Å². The van der Waals surface area contributed by atoms with Crippen LogP contribution in [0, 0.1) is 18.8 Å². The molecule has 23 heavy (non-hydrogen) atoms. The van der Waals surface area contributed by atoms with Gasteiger partial charge in [0.25, 0.3) is 0 Å². The fourth-order valence-electron chi connectivity index (χ4n) is 6.05. The summed E-state index contributed by atoms with van der Waals surface area (Å²) < 4.78 is 5.49. The Morgan fingerprint density at radius 1 is 0.913 bits per heavy atom. The van der Waals surface area contributed by atoms with E-state index in [2.05, 4.69) is 43.3 Å². The van der Waals surface area contributed by atoms with Crippen LogP contribution in [-0.4, -0.2) is 7.11 Å². The summed E-state index contributed by atoms with van der Waals surface area (Å²) in [5.41, 5.74) is 8.10. The maximum Gasteiger partial charge on any atom is 0.119 e. The summed E-state index contributed by atoms with van der Waals surface area (Å²) in [6.45, 7) is 2.23. The van der Waals surface area contributed by atoms with Gasteiger partial charge in [0, 0.05) is 5.41 Å². The molecule has 3 aliphatic rings. The van der Waals surface area contributed by atoms with Crippen molar-refractivity contribution < 1.29 is 4.74 Å². The summed E-state index contributed by atoms with van der Waals surface area (Å²) in [5, 5.41) is 0. The number of methoxy groups -OCH3 is 1. The van der Waals surface area contributed by atoms with E-state index < -0.39 is 0 Å². The minimum atomic E-state index is 0.295. The number of ether oxygens (including phenoxy) is 1. The Morgan fingerprint density at radius 3 is 2.26 bits per heavy atom. The normalized spacial score (nSPS) is 30.3. The second-order valence-corrected chi connectivity index (χ2v) is 7.79. The molecule has 2 aromatic rings. The van der Waals surface area contributed by atoms with E-state index >= 15 is 0 Å². The van der Waals surface area contributed by atoms with Gasteiger partial charge in [0.15, 0.2) is 0 Å². The molecule has 0 heterocycles. The van der Waals surface area contributed by atoms with Gasteiger partial charge in [-0.2, -0.15) is 0 Å². The maximum absolute atomic E-state index is 5.49. The third-order valence-corrected chi connectivity index (χ3v) is 6.79. The Labute approximate surface area is 138 Å². The molecule has 2 aromatic carbocycles. The molecule has 1 heteroatoms. The van der Waals surface area contributed by atoms with Gasteiger partial charge >= 0.3 is 0 Å². The average Bonchev–Trinajstić information content (AvgIpc) is 3.06. The summed E-state index contributed by atoms with van der Waals surface area (Å²) in [6, 6.07) is 14.1. The second kappa shape index (κ2) is 4.63. The zero-order valence-corrected chi connectivity index (χ0v) is 14.1. The lowest BCUT2D eigenvalue weighted by Crippen LogP contribution is -2.40. The van der Waals surface area contributed by atoms with Gasteiger partial charge in [-0.1, -0.05) is 36.2 Å². The lowest BCUT2D eigenvalue weighted by atomic mass is 9.59. The fraction of sp³-hybridized carbons (Fsp3) is 0.455. The largest absolute Gasteiger partial charge is 0.497 e.